The van der Waals surface area contributed by atoms with E-state index in [2.05, 4.69) is 5.32 Å². The van der Waals surface area contributed by atoms with E-state index in [1.807, 2.05) is 11.9 Å². The quantitative estimate of drug-likeness (QED) is 0.765. The maximum atomic E-state index is 11.6. The molecule has 0 aromatic carbocycles. The van der Waals surface area contributed by atoms with E-state index in [-0.39, 0.29) is 6.09 Å². The molecule has 1 heterocycles. The van der Waals surface area contributed by atoms with E-state index in [9.17, 15) is 4.79 Å². The minimum absolute atomic E-state index is 0.0944. The zero-order chi connectivity index (χ0) is 10.7. The molecule has 1 N–H and O–H groups in total. The van der Waals surface area contributed by atoms with Gasteiger partial charge in [-0.1, -0.05) is 12.8 Å². The Labute approximate surface area is 91.0 Å². The summed E-state index contributed by atoms with van der Waals surface area (Å²) in [6, 6.07) is 0.745. The van der Waals surface area contributed by atoms with Crippen LogP contribution in [0.5, 0.6) is 0 Å². The minimum atomic E-state index is -0.0944. The smallest absolute Gasteiger partial charge is 0.410 e. The van der Waals surface area contributed by atoms with E-state index in [1.54, 1.807) is 0 Å². The van der Waals surface area contributed by atoms with Gasteiger partial charge in [0.2, 0.25) is 0 Å². The van der Waals surface area contributed by atoms with Crippen LogP contribution in [0.4, 0.5) is 4.79 Å². The Kier molecular flexibility index (Phi) is 3.46. The number of rotatable bonds is 4. The van der Waals surface area contributed by atoms with Crippen molar-refractivity contribution in [3.8, 4) is 0 Å². The molecule has 15 heavy (non-hydrogen) atoms. The summed E-state index contributed by atoms with van der Waals surface area (Å²) < 4.78 is 5.15. The highest BCUT2D eigenvalue weighted by atomic mass is 16.6. The maximum absolute atomic E-state index is 11.6. The van der Waals surface area contributed by atoms with Crippen molar-refractivity contribution in [2.75, 3.05) is 20.2 Å². The average molecular weight is 212 g/mol. The Bertz CT molecular complexity index is 227. The number of cyclic esters (lactones) is 1. The van der Waals surface area contributed by atoms with Crippen LogP contribution in [-0.4, -0.2) is 43.3 Å². The van der Waals surface area contributed by atoms with Gasteiger partial charge in [0.25, 0.3) is 0 Å². The molecule has 1 aliphatic carbocycles. The molecule has 1 unspecified atom stereocenters. The molecule has 1 saturated carbocycles. The van der Waals surface area contributed by atoms with Gasteiger partial charge in [0.05, 0.1) is 6.04 Å². The van der Waals surface area contributed by atoms with Gasteiger partial charge in [-0.2, -0.15) is 0 Å². The minimum Gasteiger partial charge on any atom is -0.447 e. The first-order valence-electron chi connectivity index (χ1n) is 5.92. The lowest BCUT2D eigenvalue weighted by molar-refractivity contribution is 0.144. The highest BCUT2D eigenvalue weighted by molar-refractivity contribution is 5.70. The molecule has 1 amide bonds. The molecule has 4 heteroatoms. The standard InChI is InChI=1S/C11H20N2O2/c1-12-7-6-10-8-15-11(14)13(10)9-4-2-3-5-9/h9-10,12H,2-8H2,1H3. The van der Waals surface area contributed by atoms with E-state index in [0.717, 1.165) is 25.8 Å². The Hall–Kier alpha value is -0.770. The Balaban J connectivity index is 1.94. The Morgan fingerprint density at radius 2 is 2.20 bits per heavy atom. The lowest BCUT2D eigenvalue weighted by Gasteiger charge is -2.27. The van der Waals surface area contributed by atoms with Crippen molar-refractivity contribution in [1.29, 1.82) is 0 Å². The summed E-state index contributed by atoms with van der Waals surface area (Å²) in [7, 11) is 1.94. The van der Waals surface area contributed by atoms with Gasteiger partial charge in [0.15, 0.2) is 0 Å². The van der Waals surface area contributed by atoms with E-state index in [1.165, 1.54) is 12.8 Å². The fraction of sp³-hybridized carbons (Fsp3) is 0.909. The molecule has 0 aromatic heterocycles. The van der Waals surface area contributed by atoms with E-state index >= 15 is 0 Å². The van der Waals surface area contributed by atoms with Gasteiger partial charge >= 0.3 is 6.09 Å². The second kappa shape index (κ2) is 4.84. The fourth-order valence-corrected chi connectivity index (χ4v) is 2.63. The van der Waals surface area contributed by atoms with Crippen LogP contribution in [0.2, 0.25) is 0 Å². The molecule has 2 aliphatic rings. The molecular formula is C11H20N2O2. The van der Waals surface area contributed by atoms with Crippen LogP contribution in [0, 0.1) is 0 Å². The van der Waals surface area contributed by atoms with Gasteiger partial charge in [-0.25, -0.2) is 4.79 Å². The molecular weight excluding hydrogens is 192 g/mol. The molecule has 1 saturated heterocycles. The van der Waals surface area contributed by atoms with Crippen LogP contribution in [0.3, 0.4) is 0 Å². The van der Waals surface area contributed by atoms with Gasteiger partial charge in [0, 0.05) is 6.04 Å². The van der Waals surface area contributed by atoms with Gasteiger partial charge in [0.1, 0.15) is 6.61 Å². The SMILES string of the molecule is CNCCC1COC(=O)N1C1CCCC1. The van der Waals surface area contributed by atoms with Crippen molar-refractivity contribution in [2.45, 2.75) is 44.2 Å². The van der Waals surface area contributed by atoms with Crippen molar-refractivity contribution in [3.63, 3.8) is 0 Å². The molecule has 2 fully saturated rings. The molecule has 0 radical (unpaired) electrons. The number of hydrogen-bond donors (Lipinski definition) is 1. The molecule has 0 aromatic rings. The third-order valence-corrected chi connectivity index (χ3v) is 3.45. The zero-order valence-electron chi connectivity index (χ0n) is 9.37. The number of carbonyl (C=O) groups excluding carboxylic acids is 1. The van der Waals surface area contributed by atoms with Gasteiger partial charge < -0.3 is 10.1 Å². The Morgan fingerprint density at radius 3 is 2.87 bits per heavy atom. The summed E-state index contributed by atoms with van der Waals surface area (Å²) in [4.78, 5) is 13.6. The third-order valence-electron chi connectivity index (χ3n) is 3.45. The number of nitrogens with zero attached hydrogens (tertiary/aromatic N) is 1. The van der Waals surface area contributed by atoms with Gasteiger partial charge in [-0.3, -0.25) is 4.90 Å². The van der Waals surface area contributed by atoms with Crippen molar-refractivity contribution in [3.05, 3.63) is 0 Å². The average Bonchev–Trinajstić information content (AvgIpc) is 2.84. The Morgan fingerprint density at radius 1 is 1.47 bits per heavy atom. The summed E-state index contributed by atoms with van der Waals surface area (Å²) in [5, 5.41) is 3.13. The van der Waals surface area contributed by atoms with Crippen molar-refractivity contribution >= 4 is 6.09 Å². The third kappa shape index (κ3) is 2.25. The number of ether oxygens (including phenoxy) is 1. The number of amides is 1. The molecule has 0 bridgehead atoms. The van der Waals surface area contributed by atoms with E-state index in [0.29, 0.717) is 18.7 Å². The molecule has 0 spiro atoms. The van der Waals surface area contributed by atoms with Gasteiger partial charge in [-0.15, -0.1) is 0 Å². The maximum Gasteiger partial charge on any atom is 0.410 e. The summed E-state index contributed by atoms with van der Waals surface area (Å²) >= 11 is 0. The van der Waals surface area contributed by atoms with Crippen LogP contribution >= 0.6 is 0 Å². The highest BCUT2D eigenvalue weighted by Gasteiger charge is 2.38. The molecule has 1 atom stereocenters. The van der Waals surface area contributed by atoms with Crippen LogP contribution in [0.25, 0.3) is 0 Å². The van der Waals surface area contributed by atoms with Crippen LogP contribution in [0.1, 0.15) is 32.1 Å². The number of nitrogens with one attached hydrogen (secondary N) is 1. The monoisotopic (exact) mass is 212 g/mol. The van der Waals surface area contributed by atoms with Crippen LogP contribution in [-0.2, 0) is 4.74 Å². The predicted octanol–water partition coefficient (Wildman–Crippen LogP) is 1.36. The molecule has 86 valence electrons. The summed E-state index contributed by atoms with van der Waals surface area (Å²) in [6.45, 7) is 1.53. The first-order chi connectivity index (χ1) is 7.33. The lowest BCUT2D eigenvalue weighted by atomic mass is 10.1. The molecule has 2 rings (SSSR count). The first kappa shape index (κ1) is 10.7. The lowest BCUT2D eigenvalue weighted by Crippen LogP contribution is -2.41. The normalized spacial score (nSPS) is 27.4. The summed E-state index contributed by atoms with van der Waals surface area (Å²) in [6.07, 6.45) is 5.73. The molecule has 4 nitrogen and oxygen atoms in total. The van der Waals surface area contributed by atoms with E-state index in [4.69, 9.17) is 4.74 Å². The van der Waals surface area contributed by atoms with Crippen molar-refractivity contribution in [2.24, 2.45) is 0 Å². The first-order valence-corrected chi connectivity index (χ1v) is 5.92. The van der Waals surface area contributed by atoms with Crippen molar-refractivity contribution < 1.29 is 9.53 Å². The van der Waals surface area contributed by atoms with E-state index < -0.39 is 0 Å². The van der Waals surface area contributed by atoms with Crippen molar-refractivity contribution in [1.82, 2.24) is 10.2 Å². The topological polar surface area (TPSA) is 41.6 Å². The van der Waals surface area contributed by atoms with Crippen LogP contribution < -0.4 is 5.32 Å². The largest absolute Gasteiger partial charge is 0.447 e. The highest BCUT2D eigenvalue weighted by Crippen LogP contribution is 2.29. The summed E-state index contributed by atoms with van der Waals surface area (Å²) in [5.74, 6) is 0. The summed E-state index contributed by atoms with van der Waals surface area (Å²) in [5.41, 5.74) is 0. The number of carbonyl (C=O) groups is 1. The van der Waals surface area contributed by atoms with Gasteiger partial charge in [-0.05, 0) is 32.9 Å². The fourth-order valence-electron chi connectivity index (χ4n) is 2.63. The zero-order valence-corrected chi connectivity index (χ0v) is 9.37. The second-order valence-electron chi connectivity index (χ2n) is 4.47. The molecule has 1 aliphatic heterocycles. The second-order valence-corrected chi connectivity index (χ2v) is 4.47. The van der Waals surface area contributed by atoms with Crippen LogP contribution in [0.15, 0.2) is 0 Å². The number of hydrogen-bond acceptors (Lipinski definition) is 3. The predicted molar refractivity (Wildman–Crippen MR) is 57.8 cm³/mol.